The van der Waals surface area contributed by atoms with Crippen molar-refractivity contribution in [2.24, 2.45) is 0 Å². The van der Waals surface area contributed by atoms with Crippen molar-refractivity contribution in [1.82, 2.24) is 30.1 Å². The molecule has 0 saturated carbocycles. The maximum absolute atomic E-state index is 4.72. The van der Waals surface area contributed by atoms with Crippen LogP contribution in [0.2, 0.25) is 0 Å². The molecule has 3 N–H and O–H groups in total. The van der Waals surface area contributed by atoms with E-state index in [1.54, 1.807) is 0 Å². The summed E-state index contributed by atoms with van der Waals surface area (Å²) in [5, 5.41) is 6.99. The lowest BCUT2D eigenvalue weighted by Crippen LogP contribution is -1.78. The average molecular weight is 376 g/mol. The molecule has 0 fully saturated rings. The quantitative estimate of drug-likeness (QED) is 0.375. The molecule has 138 valence electrons. The monoisotopic (exact) mass is 376 g/mol. The van der Waals surface area contributed by atoms with Crippen LogP contribution >= 0.6 is 0 Å². The van der Waals surface area contributed by atoms with Gasteiger partial charge in [-0.2, -0.15) is 5.10 Å². The van der Waals surface area contributed by atoms with E-state index in [0.29, 0.717) is 0 Å². The molecule has 0 radical (unpaired) electrons. The first-order valence-electron chi connectivity index (χ1n) is 9.36. The first-order valence-corrected chi connectivity index (χ1v) is 9.36. The molecule has 2 aliphatic heterocycles. The molecular formula is C23H16N6. The Balaban J connectivity index is 1.70. The highest BCUT2D eigenvalue weighted by Gasteiger charge is 2.07. The van der Waals surface area contributed by atoms with E-state index >= 15 is 0 Å². The third kappa shape index (κ3) is 2.96. The van der Waals surface area contributed by atoms with E-state index in [0.717, 1.165) is 56.0 Å². The van der Waals surface area contributed by atoms with E-state index in [1.807, 2.05) is 48.8 Å². The molecule has 6 heteroatoms. The van der Waals surface area contributed by atoms with Crippen molar-refractivity contribution in [3.8, 4) is 11.1 Å². The Morgan fingerprint density at radius 1 is 0.621 bits per heavy atom. The molecule has 0 atom stereocenters. The second-order valence-corrected chi connectivity index (χ2v) is 7.08. The Bertz CT molecular complexity index is 1450. The summed E-state index contributed by atoms with van der Waals surface area (Å²) >= 11 is 0. The molecule has 0 aliphatic carbocycles. The number of hydrogen-bond donors (Lipinski definition) is 3. The van der Waals surface area contributed by atoms with Crippen molar-refractivity contribution < 1.29 is 0 Å². The lowest BCUT2D eigenvalue weighted by Gasteiger charge is -1.91. The van der Waals surface area contributed by atoms with E-state index in [9.17, 15) is 0 Å². The Morgan fingerprint density at radius 3 is 2.03 bits per heavy atom. The van der Waals surface area contributed by atoms with E-state index in [4.69, 9.17) is 4.98 Å². The van der Waals surface area contributed by atoms with E-state index in [1.165, 1.54) is 0 Å². The SMILES string of the molecule is C1=Cc2cc3ccc(cc4cc(-c5cn[nH]c5)c(cc5nc(cc1n2)C=C5)[nH]4)[nH]3. The molecule has 8 bridgehead atoms. The van der Waals surface area contributed by atoms with Gasteiger partial charge in [0.1, 0.15) is 0 Å². The number of H-pyrrole nitrogens is 3. The van der Waals surface area contributed by atoms with Crippen molar-refractivity contribution >= 4 is 46.4 Å². The number of hydrogen-bond acceptors (Lipinski definition) is 3. The molecule has 6 rings (SSSR count). The summed E-state index contributed by atoms with van der Waals surface area (Å²) in [5.41, 5.74) is 9.70. The highest BCUT2D eigenvalue weighted by atomic mass is 15.1. The van der Waals surface area contributed by atoms with Crippen molar-refractivity contribution in [2.75, 3.05) is 0 Å². The molecule has 2 aliphatic rings. The van der Waals surface area contributed by atoms with Crippen LogP contribution in [0.3, 0.4) is 0 Å². The highest BCUT2D eigenvalue weighted by Crippen LogP contribution is 2.26. The van der Waals surface area contributed by atoms with E-state index < -0.39 is 0 Å². The lowest BCUT2D eigenvalue weighted by atomic mass is 10.1. The Labute approximate surface area is 165 Å². The van der Waals surface area contributed by atoms with Crippen LogP contribution in [-0.2, 0) is 0 Å². The van der Waals surface area contributed by atoms with Gasteiger partial charge in [0.15, 0.2) is 0 Å². The first-order chi connectivity index (χ1) is 14.3. The standard InChI is InChI=1S/C23H16N6/c1-2-16-8-18-5-6-20(28-18)11-23-22(14-12-24-25-13-14)10-21(29-23)9-19-4-3-17(27-19)7-15(1)26-16/h1-13,27,29H,(H,24,25). The summed E-state index contributed by atoms with van der Waals surface area (Å²) in [5.74, 6) is 0. The van der Waals surface area contributed by atoms with Gasteiger partial charge in [0.05, 0.1) is 29.0 Å². The minimum absolute atomic E-state index is 0.887. The molecule has 29 heavy (non-hydrogen) atoms. The van der Waals surface area contributed by atoms with Gasteiger partial charge >= 0.3 is 0 Å². The van der Waals surface area contributed by atoms with Crippen LogP contribution in [0.25, 0.3) is 57.5 Å². The topological polar surface area (TPSA) is 86.0 Å². The van der Waals surface area contributed by atoms with Crippen molar-refractivity contribution in [3.05, 3.63) is 77.6 Å². The smallest absolute Gasteiger partial charge is 0.0659 e. The van der Waals surface area contributed by atoms with Gasteiger partial charge in [0, 0.05) is 39.4 Å². The van der Waals surface area contributed by atoms with Crippen LogP contribution in [0.4, 0.5) is 0 Å². The number of nitrogens with one attached hydrogen (secondary N) is 3. The zero-order valence-electron chi connectivity index (χ0n) is 15.3. The molecule has 0 unspecified atom stereocenters. The molecule has 6 nitrogen and oxygen atoms in total. The summed E-state index contributed by atoms with van der Waals surface area (Å²) in [7, 11) is 0. The fourth-order valence-electron chi connectivity index (χ4n) is 3.66. The number of rotatable bonds is 1. The van der Waals surface area contributed by atoms with Crippen LogP contribution in [0.5, 0.6) is 0 Å². The van der Waals surface area contributed by atoms with Gasteiger partial charge in [-0.1, -0.05) is 0 Å². The zero-order chi connectivity index (χ0) is 19.2. The number of nitrogens with zero attached hydrogens (tertiary/aromatic N) is 3. The molecule has 4 aromatic heterocycles. The second-order valence-electron chi connectivity index (χ2n) is 7.08. The van der Waals surface area contributed by atoms with Gasteiger partial charge in [0.25, 0.3) is 0 Å². The highest BCUT2D eigenvalue weighted by molar-refractivity contribution is 5.87. The van der Waals surface area contributed by atoms with Gasteiger partial charge in [-0.25, -0.2) is 9.97 Å². The van der Waals surface area contributed by atoms with Gasteiger partial charge in [0.2, 0.25) is 0 Å². The Morgan fingerprint density at radius 2 is 1.31 bits per heavy atom. The number of aromatic nitrogens is 6. The summed E-state index contributed by atoms with van der Waals surface area (Å²) in [4.78, 5) is 16.3. The maximum Gasteiger partial charge on any atom is 0.0659 e. The van der Waals surface area contributed by atoms with Gasteiger partial charge < -0.3 is 9.97 Å². The molecule has 4 aromatic rings. The fourth-order valence-corrected chi connectivity index (χ4v) is 3.66. The first kappa shape index (κ1) is 15.8. The van der Waals surface area contributed by atoms with E-state index in [-0.39, 0.29) is 0 Å². The Hall–Kier alpha value is -4.19. The van der Waals surface area contributed by atoms with Gasteiger partial charge in [-0.15, -0.1) is 0 Å². The van der Waals surface area contributed by atoms with Gasteiger partial charge in [-0.3, -0.25) is 5.10 Å². The molecule has 0 saturated heterocycles. The summed E-state index contributed by atoms with van der Waals surface area (Å²) in [6.07, 6.45) is 11.8. The molecule has 0 spiro atoms. The number of aromatic amines is 3. The largest absolute Gasteiger partial charge is 0.355 e. The normalized spacial score (nSPS) is 12.6. The third-order valence-electron chi connectivity index (χ3n) is 4.98. The molecule has 0 amide bonds. The Kier molecular flexibility index (Phi) is 3.37. The van der Waals surface area contributed by atoms with Crippen molar-refractivity contribution in [3.63, 3.8) is 0 Å². The molecule has 0 aromatic carbocycles. The average Bonchev–Trinajstić information content (AvgIpc) is 3.50. The predicted octanol–water partition coefficient (Wildman–Crippen LogP) is 5.05. The minimum atomic E-state index is 0.887. The van der Waals surface area contributed by atoms with Crippen LogP contribution in [0.15, 0.2) is 54.9 Å². The lowest BCUT2D eigenvalue weighted by molar-refractivity contribution is 1.09. The number of fused-ring (bicyclic) bond motifs is 8. The van der Waals surface area contributed by atoms with Crippen molar-refractivity contribution in [1.29, 1.82) is 0 Å². The summed E-state index contributed by atoms with van der Waals surface area (Å²) in [6, 6.07) is 14.4. The molecular weight excluding hydrogens is 360 g/mol. The van der Waals surface area contributed by atoms with Gasteiger partial charge in [-0.05, 0) is 66.8 Å². The third-order valence-corrected chi connectivity index (χ3v) is 4.98. The van der Waals surface area contributed by atoms with Crippen LogP contribution < -0.4 is 0 Å². The summed E-state index contributed by atoms with van der Waals surface area (Å²) in [6.45, 7) is 0. The predicted molar refractivity (Wildman–Crippen MR) is 116 cm³/mol. The van der Waals surface area contributed by atoms with Crippen molar-refractivity contribution in [2.45, 2.75) is 0 Å². The minimum Gasteiger partial charge on any atom is -0.355 e. The fraction of sp³-hybridized carbons (Fsp3) is 0. The summed E-state index contributed by atoms with van der Waals surface area (Å²) < 4.78 is 0. The van der Waals surface area contributed by atoms with Crippen LogP contribution in [-0.4, -0.2) is 30.1 Å². The second kappa shape index (κ2) is 6.17. The van der Waals surface area contributed by atoms with Crippen LogP contribution in [0.1, 0.15) is 22.8 Å². The van der Waals surface area contributed by atoms with Crippen LogP contribution in [0, 0.1) is 0 Å². The van der Waals surface area contributed by atoms with E-state index in [2.05, 4.69) is 55.5 Å². The zero-order valence-corrected chi connectivity index (χ0v) is 15.3. The molecule has 6 heterocycles. The maximum atomic E-state index is 4.72.